The zero-order valence-corrected chi connectivity index (χ0v) is 78.8. The summed E-state index contributed by atoms with van der Waals surface area (Å²) in [6, 6.07) is 202. The lowest BCUT2D eigenvalue weighted by atomic mass is 9.99. The van der Waals surface area contributed by atoms with Crippen molar-refractivity contribution in [1.82, 2.24) is 27.4 Å². The van der Waals surface area contributed by atoms with E-state index in [0.29, 0.717) is 0 Å². The highest BCUT2D eigenvalue weighted by atomic mass is 15.0. The summed E-state index contributed by atoms with van der Waals surface area (Å²) in [6.07, 6.45) is 0. The van der Waals surface area contributed by atoms with Gasteiger partial charge in [-0.25, -0.2) is 0 Å². The second-order valence-electron chi connectivity index (χ2n) is 37.2. The first-order valence-corrected chi connectivity index (χ1v) is 49.5. The SMILES string of the molecule is c1ccc(-c2ccc(-n3c4ccccc4c4c3ccc3c5c(-c6ccccc6)cccc5n(-c5ccc(-c6ccccc6)cc5)c34)cc2)cc1.c1ccc(-c2cccc(-n3c4c(-c5ccccc5)cccc4c4ccc5c(c6ccccc6n5-c5ccccc5)c43)c2)cc1.c1ccc(-c2cccc(-n3c4ccc5c6ccccc6n(-c6cccc(-c7ccccc7)c6)c5c4c4cccc(-c5ccccc5)c43)c2)cc1. The zero-order valence-electron chi connectivity index (χ0n) is 78.8. The van der Waals surface area contributed by atoms with Crippen LogP contribution in [0.15, 0.2) is 558 Å². The molecule has 0 fully saturated rings. The molecule has 29 aromatic rings. The molecule has 6 aromatic heterocycles. The molecular weight excluding hydrogens is 1740 g/mol. The minimum atomic E-state index is 1.14. The molecule has 0 amide bonds. The Morgan fingerprint density at radius 3 is 0.778 bits per heavy atom. The van der Waals surface area contributed by atoms with Crippen LogP contribution in [0.1, 0.15) is 0 Å². The zero-order chi connectivity index (χ0) is 95.1. The van der Waals surface area contributed by atoms with Gasteiger partial charge in [-0.15, -0.1) is 0 Å². The first kappa shape index (κ1) is 84.2. The van der Waals surface area contributed by atoms with Crippen LogP contribution in [0.5, 0.6) is 0 Å². The quantitative estimate of drug-likeness (QED) is 0.104. The molecule has 6 nitrogen and oxygen atoms in total. The molecule has 0 unspecified atom stereocenters. The molecule has 6 heteroatoms. The van der Waals surface area contributed by atoms with Gasteiger partial charge in [0.05, 0.1) is 66.2 Å². The van der Waals surface area contributed by atoms with Gasteiger partial charge in [0.2, 0.25) is 0 Å². The highest BCUT2D eigenvalue weighted by Gasteiger charge is 2.29. The van der Waals surface area contributed by atoms with Crippen molar-refractivity contribution in [1.29, 1.82) is 0 Å². The molecule has 0 aliphatic carbocycles. The number of para-hydroxylation sites is 6. The smallest absolute Gasteiger partial charge is 0.0641 e. The van der Waals surface area contributed by atoms with Crippen molar-refractivity contribution in [3.05, 3.63) is 558 Å². The highest BCUT2D eigenvalue weighted by Crippen LogP contribution is 2.51. The number of hydrogen-bond donors (Lipinski definition) is 0. The van der Waals surface area contributed by atoms with E-state index in [1.807, 2.05) is 0 Å². The van der Waals surface area contributed by atoms with Crippen molar-refractivity contribution in [2.24, 2.45) is 0 Å². The molecule has 0 saturated carbocycles. The maximum absolute atomic E-state index is 2.52. The van der Waals surface area contributed by atoms with Crippen LogP contribution in [0.2, 0.25) is 0 Å². The molecule has 0 atom stereocenters. The van der Waals surface area contributed by atoms with Gasteiger partial charge in [-0.3, -0.25) is 0 Å². The summed E-state index contributed by atoms with van der Waals surface area (Å²) < 4.78 is 14.8. The molecule has 0 bridgehead atoms. The normalized spacial score (nSPS) is 11.6. The highest BCUT2D eigenvalue weighted by molar-refractivity contribution is 6.31. The molecular formula is C138H92N6. The Kier molecular flexibility index (Phi) is 20.9. The fourth-order valence-corrected chi connectivity index (χ4v) is 22.8. The van der Waals surface area contributed by atoms with Gasteiger partial charge in [0, 0.05) is 110 Å². The van der Waals surface area contributed by atoms with Crippen LogP contribution in [0.25, 0.3) is 254 Å². The van der Waals surface area contributed by atoms with Crippen LogP contribution in [0.4, 0.5) is 0 Å². The minimum absolute atomic E-state index is 1.14. The predicted octanol–water partition coefficient (Wildman–Crippen LogP) is 37.0. The van der Waals surface area contributed by atoms with E-state index in [9.17, 15) is 0 Å². The number of benzene rings is 23. The van der Waals surface area contributed by atoms with E-state index in [0.717, 1.165) is 34.1 Å². The van der Waals surface area contributed by atoms with Crippen molar-refractivity contribution < 1.29 is 0 Å². The lowest BCUT2D eigenvalue weighted by Crippen LogP contribution is -1.97. The monoisotopic (exact) mass is 1830 g/mol. The van der Waals surface area contributed by atoms with E-state index in [2.05, 4.69) is 586 Å². The summed E-state index contributed by atoms with van der Waals surface area (Å²) in [6.45, 7) is 0. The van der Waals surface area contributed by atoms with Gasteiger partial charge in [0.1, 0.15) is 0 Å². The average molecular weight is 1830 g/mol. The third-order valence-corrected chi connectivity index (χ3v) is 29.1. The van der Waals surface area contributed by atoms with E-state index in [4.69, 9.17) is 0 Å². The molecule has 29 rings (SSSR count). The largest absolute Gasteiger partial charge is 0.309 e. The Morgan fingerprint density at radius 2 is 0.326 bits per heavy atom. The van der Waals surface area contributed by atoms with E-state index in [1.165, 1.54) is 220 Å². The fourth-order valence-electron chi connectivity index (χ4n) is 22.8. The summed E-state index contributed by atoms with van der Waals surface area (Å²) >= 11 is 0. The Hall–Kier alpha value is -19.1. The Labute approximate surface area is 833 Å². The summed E-state index contributed by atoms with van der Waals surface area (Å²) in [5, 5.41) is 15.0. The molecule has 0 saturated heterocycles. The summed E-state index contributed by atoms with van der Waals surface area (Å²) in [4.78, 5) is 0. The molecule has 0 aliphatic rings. The van der Waals surface area contributed by atoms with Crippen LogP contribution in [0, 0.1) is 0 Å². The Balaban J connectivity index is 0.000000108. The molecule has 0 aliphatic heterocycles. The standard InChI is InChI=1S/2C48H32N2.C42H28N2/c1-4-15-33(16-5-1)36-21-12-23-38(31-36)49-44-28-11-10-25-41(44)42-29-30-45-46(48(42)49)43-27-14-26-40(35-19-8-3-9-20-35)47(43)50(45)39-24-13-22-37(32-39)34-17-6-2-7-18-34;1-4-13-33(14-5-1)35-23-27-38(28-24-35)49-43-21-11-10-19-41(43)47-45(49)32-31-42-46-40(37-17-8-3-9-18-37)20-12-22-44(46)50(48(42)47)39-29-25-36(26-30-39)34-15-6-2-7-16-34;1-4-14-29(15-5-1)31-18-12-21-33(28-31)44-41-34(30-16-6-2-7-17-30)23-13-24-35(41)36-26-27-39-40(42(36)44)37-22-10-11-25-38(37)43(39)32-19-8-3-9-20-32/h2*1-32H;1-28H. The summed E-state index contributed by atoms with van der Waals surface area (Å²) in [5.74, 6) is 0. The van der Waals surface area contributed by atoms with E-state index in [-0.39, 0.29) is 0 Å². The van der Waals surface area contributed by atoms with Crippen molar-refractivity contribution in [3.63, 3.8) is 0 Å². The van der Waals surface area contributed by atoms with Crippen LogP contribution < -0.4 is 0 Å². The number of hydrogen-bond acceptors (Lipinski definition) is 0. The second kappa shape index (κ2) is 35.7. The van der Waals surface area contributed by atoms with Gasteiger partial charge in [-0.2, -0.15) is 0 Å². The number of aromatic nitrogens is 6. The van der Waals surface area contributed by atoms with Gasteiger partial charge < -0.3 is 27.4 Å². The lowest BCUT2D eigenvalue weighted by molar-refractivity contribution is 1.17. The maximum atomic E-state index is 2.52. The van der Waals surface area contributed by atoms with Gasteiger partial charge in [0.25, 0.3) is 0 Å². The van der Waals surface area contributed by atoms with Crippen molar-refractivity contribution in [2.45, 2.75) is 0 Å². The van der Waals surface area contributed by atoms with Gasteiger partial charge in [0.15, 0.2) is 0 Å². The van der Waals surface area contributed by atoms with Crippen LogP contribution in [-0.2, 0) is 0 Å². The summed E-state index contributed by atoms with van der Waals surface area (Å²) in [7, 11) is 0. The molecule has 0 radical (unpaired) electrons. The molecule has 674 valence electrons. The fraction of sp³-hybridized carbons (Fsp3) is 0. The Morgan fingerprint density at radius 1 is 0.0972 bits per heavy atom. The van der Waals surface area contributed by atoms with Crippen molar-refractivity contribution >= 4 is 131 Å². The van der Waals surface area contributed by atoms with E-state index in [1.54, 1.807) is 0 Å². The predicted molar refractivity (Wildman–Crippen MR) is 609 cm³/mol. The second-order valence-corrected chi connectivity index (χ2v) is 37.2. The van der Waals surface area contributed by atoms with Gasteiger partial charge in [-0.1, -0.05) is 443 Å². The molecule has 144 heavy (non-hydrogen) atoms. The van der Waals surface area contributed by atoms with E-state index < -0.39 is 0 Å². The topological polar surface area (TPSA) is 29.6 Å². The van der Waals surface area contributed by atoms with E-state index >= 15 is 0 Å². The van der Waals surface area contributed by atoms with Crippen molar-refractivity contribution in [3.8, 4) is 123 Å². The lowest BCUT2D eigenvalue weighted by Gasteiger charge is -2.14. The molecule has 6 heterocycles. The Bertz CT molecular complexity index is 9930. The average Bonchev–Trinajstić information content (AvgIpc) is 1.54. The van der Waals surface area contributed by atoms with Gasteiger partial charge >= 0.3 is 0 Å². The molecule has 23 aromatic carbocycles. The van der Waals surface area contributed by atoms with Crippen LogP contribution in [0.3, 0.4) is 0 Å². The number of nitrogens with zero attached hydrogens (tertiary/aromatic N) is 6. The van der Waals surface area contributed by atoms with Crippen molar-refractivity contribution in [2.75, 3.05) is 0 Å². The number of fused-ring (bicyclic) bond motifs is 21. The van der Waals surface area contributed by atoms with Crippen LogP contribution in [-0.4, -0.2) is 27.4 Å². The third kappa shape index (κ3) is 14.3. The molecule has 0 N–H and O–H groups in total. The minimum Gasteiger partial charge on any atom is -0.309 e. The summed E-state index contributed by atoms with van der Waals surface area (Å²) in [5.41, 5.74) is 40.8. The van der Waals surface area contributed by atoms with Crippen LogP contribution >= 0.6 is 0 Å². The van der Waals surface area contributed by atoms with Gasteiger partial charge in [-0.05, 0) is 193 Å². The number of rotatable bonds is 14. The maximum Gasteiger partial charge on any atom is 0.0641 e. The first-order valence-electron chi connectivity index (χ1n) is 49.5. The molecule has 0 spiro atoms. The first-order chi connectivity index (χ1) is 71.5. The third-order valence-electron chi connectivity index (χ3n) is 29.1.